The highest BCUT2D eigenvalue weighted by Gasteiger charge is 2.16. The first-order valence-electron chi connectivity index (χ1n) is 7.16. The van der Waals surface area contributed by atoms with E-state index in [1.165, 1.54) is 0 Å². The van der Waals surface area contributed by atoms with E-state index in [-0.39, 0.29) is 24.6 Å². The van der Waals surface area contributed by atoms with Gasteiger partial charge >= 0.3 is 5.97 Å². The first-order chi connectivity index (χ1) is 8.85. The number of esters is 1. The van der Waals surface area contributed by atoms with Crippen LogP contribution in [0, 0.1) is 0 Å². The summed E-state index contributed by atoms with van der Waals surface area (Å²) in [5.41, 5.74) is -0.479. The normalized spacial score (nSPS) is 11.4. The number of Topliss-reactive ketones (excluding diaryl/α,β-unsaturated/α-hetero) is 1. The van der Waals surface area contributed by atoms with E-state index < -0.39 is 5.60 Å². The molecule has 0 bridgehead atoms. The van der Waals surface area contributed by atoms with Gasteiger partial charge in [-0.2, -0.15) is 0 Å². The van der Waals surface area contributed by atoms with Crippen molar-refractivity contribution in [3.63, 3.8) is 0 Å². The van der Waals surface area contributed by atoms with Gasteiger partial charge in [0.2, 0.25) is 0 Å². The highest BCUT2D eigenvalue weighted by Crippen LogP contribution is 2.10. The summed E-state index contributed by atoms with van der Waals surface area (Å²) >= 11 is 0. The third kappa shape index (κ3) is 13.3. The third-order valence-corrected chi connectivity index (χ3v) is 2.41. The lowest BCUT2D eigenvalue weighted by Gasteiger charge is -2.19. The van der Waals surface area contributed by atoms with E-state index >= 15 is 0 Å². The molecule has 0 aromatic heterocycles. The maximum Gasteiger partial charge on any atom is 0.306 e. The van der Waals surface area contributed by atoms with E-state index in [4.69, 9.17) is 9.47 Å². The molecule has 0 rings (SSSR count). The van der Waals surface area contributed by atoms with Gasteiger partial charge in [0.25, 0.3) is 0 Å². The van der Waals surface area contributed by atoms with Crippen LogP contribution >= 0.6 is 0 Å². The standard InChI is InChI=1S/C15H28O4/c1-5-6-11-18-12-7-8-13(16)9-10-14(17)19-15(2,3)4/h5-12H2,1-4H3. The molecule has 0 spiro atoms. The van der Waals surface area contributed by atoms with E-state index in [1.54, 1.807) is 0 Å². The second-order valence-corrected chi connectivity index (χ2v) is 5.69. The summed E-state index contributed by atoms with van der Waals surface area (Å²) < 4.78 is 10.5. The predicted molar refractivity (Wildman–Crippen MR) is 75.0 cm³/mol. The molecule has 0 unspecified atom stereocenters. The Morgan fingerprint density at radius 1 is 0.947 bits per heavy atom. The van der Waals surface area contributed by atoms with Crippen LogP contribution in [0.1, 0.15) is 66.2 Å². The van der Waals surface area contributed by atoms with E-state index in [0.29, 0.717) is 13.0 Å². The van der Waals surface area contributed by atoms with Gasteiger partial charge in [-0.3, -0.25) is 9.59 Å². The van der Waals surface area contributed by atoms with Gasteiger partial charge in [0.05, 0.1) is 6.42 Å². The Bertz CT molecular complexity index is 266. The van der Waals surface area contributed by atoms with E-state index in [0.717, 1.165) is 25.9 Å². The van der Waals surface area contributed by atoms with Gasteiger partial charge in [0, 0.05) is 26.1 Å². The minimum absolute atomic E-state index is 0.102. The molecule has 0 radical (unpaired) electrons. The van der Waals surface area contributed by atoms with Crippen molar-refractivity contribution in [1.82, 2.24) is 0 Å². The van der Waals surface area contributed by atoms with Crippen LogP contribution in [0.15, 0.2) is 0 Å². The molecule has 19 heavy (non-hydrogen) atoms. The van der Waals surface area contributed by atoms with Crippen LogP contribution in [0.2, 0.25) is 0 Å². The second kappa shape index (κ2) is 9.96. The summed E-state index contributed by atoms with van der Waals surface area (Å²) in [5, 5.41) is 0. The zero-order valence-electron chi connectivity index (χ0n) is 12.8. The molecule has 0 N–H and O–H groups in total. The van der Waals surface area contributed by atoms with Crippen molar-refractivity contribution in [3.8, 4) is 0 Å². The third-order valence-electron chi connectivity index (χ3n) is 2.41. The molecule has 0 fully saturated rings. The van der Waals surface area contributed by atoms with Gasteiger partial charge in [-0.1, -0.05) is 13.3 Å². The lowest BCUT2D eigenvalue weighted by atomic mass is 10.1. The fourth-order valence-electron chi connectivity index (χ4n) is 1.48. The number of hydrogen-bond donors (Lipinski definition) is 0. The minimum Gasteiger partial charge on any atom is -0.460 e. The Hall–Kier alpha value is -0.900. The number of rotatable bonds is 10. The van der Waals surface area contributed by atoms with Crippen LogP contribution in [0.3, 0.4) is 0 Å². The summed E-state index contributed by atoms with van der Waals surface area (Å²) in [5.74, 6) is -0.204. The highest BCUT2D eigenvalue weighted by molar-refractivity contribution is 5.82. The fraction of sp³-hybridized carbons (Fsp3) is 0.867. The van der Waals surface area contributed by atoms with E-state index in [9.17, 15) is 9.59 Å². The number of carbonyl (C=O) groups is 2. The highest BCUT2D eigenvalue weighted by atomic mass is 16.6. The number of ether oxygens (including phenoxy) is 2. The van der Waals surface area contributed by atoms with Crippen LogP contribution < -0.4 is 0 Å². The lowest BCUT2D eigenvalue weighted by Crippen LogP contribution is -2.24. The van der Waals surface area contributed by atoms with Crippen LogP contribution in [0.25, 0.3) is 0 Å². The molecule has 0 aliphatic carbocycles. The van der Waals surface area contributed by atoms with Gasteiger partial charge < -0.3 is 9.47 Å². The molecule has 0 aliphatic rings. The van der Waals surface area contributed by atoms with Gasteiger partial charge in [-0.15, -0.1) is 0 Å². The molecular weight excluding hydrogens is 244 g/mol. The molecular formula is C15H28O4. The molecule has 0 amide bonds. The van der Waals surface area contributed by atoms with Crippen molar-refractivity contribution in [2.24, 2.45) is 0 Å². The average molecular weight is 272 g/mol. The van der Waals surface area contributed by atoms with Gasteiger partial charge in [-0.05, 0) is 33.6 Å². The summed E-state index contributed by atoms with van der Waals surface area (Å²) in [4.78, 5) is 23.0. The van der Waals surface area contributed by atoms with Crippen molar-refractivity contribution in [2.75, 3.05) is 13.2 Å². The van der Waals surface area contributed by atoms with Crippen LogP contribution in [0.5, 0.6) is 0 Å². The Labute approximate surface area is 116 Å². The van der Waals surface area contributed by atoms with Crippen LogP contribution in [0.4, 0.5) is 0 Å². The minimum atomic E-state index is -0.479. The Morgan fingerprint density at radius 2 is 1.58 bits per heavy atom. The first-order valence-corrected chi connectivity index (χ1v) is 7.16. The van der Waals surface area contributed by atoms with Crippen molar-refractivity contribution in [2.45, 2.75) is 71.8 Å². The Morgan fingerprint density at radius 3 is 2.16 bits per heavy atom. The maximum absolute atomic E-state index is 11.5. The molecule has 0 aliphatic heterocycles. The topological polar surface area (TPSA) is 52.6 Å². The van der Waals surface area contributed by atoms with Crippen molar-refractivity contribution < 1.29 is 19.1 Å². The zero-order chi connectivity index (χ0) is 14.7. The van der Waals surface area contributed by atoms with Crippen molar-refractivity contribution in [1.29, 1.82) is 0 Å². The second-order valence-electron chi connectivity index (χ2n) is 5.69. The number of ketones is 1. The molecule has 0 heterocycles. The molecule has 0 saturated heterocycles. The summed E-state index contributed by atoms with van der Waals surface area (Å²) in [6.45, 7) is 8.96. The molecule has 112 valence electrons. The first kappa shape index (κ1) is 18.1. The molecule has 0 aromatic carbocycles. The number of hydrogen-bond acceptors (Lipinski definition) is 4. The van der Waals surface area contributed by atoms with E-state index in [1.807, 2.05) is 20.8 Å². The number of carbonyl (C=O) groups excluding carboxylic acids is 2. The average Bonchev–Trinajstić information content (AvgIpc) is 2.29. The monoisotopic (exact) mass is 272 g/mol. The predicted octanol–water partition coefficient (Wildman–Crippen LogP) is 3.27. The van der Waals surface area contributed by atoms with Gasteiger partial charge in [0.15, 0.2) is 0 Å². The van der Waals surface area contributed by atoms with Gasteiger partial charge in [0.1, 0.15) is 11.4 Å². The molecule has 4 heteroatoms. The Balaban J connectivity index is 3.52. The molecule has 0 saturated carbocycles. The lowest BCUT2D eigenvalue weighted by molar-refractivity contribution is -0.155. The fourth-order valence-corrected chi connectivity index (χ4v) is 1.48. The molecule has 0 aromatic rings. The van der Waals surface area contributed by atoms with Crippen LogP contribution in [-0.2, 0) is 19.1 Å². The molecule has 4 nitrogen and oxygen atoms in total. The van der Waals surface area contributed by atoms with E-state index in [2.05, 4.69) is 6.92 Å². The van der Waals surface area contributed by atoms with Crippen LogP contribution in [-0.4, -0.2) is 30.6 Å². The Kier molecular flexibility index (Phi) is 9.48. The zero-order valence-corrected chi connectivity index (χ0v) is 12.8. The summed E-state index contributed by atoms with van der Waals surface area (Å²) in [7, 11) is 0. The maximum atomic E-state index is 11.5. The quantitative estimate of drug-likeness (QED) is 0.452. The summed E-state index contributed by atoms with van der Waals surface area (Å²) in [6, 6.07) is 0. The summed E-state index contributed by atoms with van der Waals surface area (Å²) in [6.07, 6.45) is 3.84. The molecule has 0 atom stereocenters. The van der Waals surface area contributed by atoms with Gasteiger partial charge in [-0.25, -0.2) is 0 Å². The largest absolute Gasteiger partial charge is 0.460 e. The smallest absolute Gasteiger partial charge is 0.306 e. The van der Waals surface area contributed by atoms with Crippen molar-refractivity contribution in [3.05, 3.63) is 0 Å². The van der Waals surface area contributed by atoms with Crippen molar-refractivity contribution >= 4 is 11.8 Å². The SMILES string of the molecule is CCCCOCCCC(=O)CCC(=O)OC(C)(C)C. The number of unbranched alkanes of at least 4 members (excludes halogenated alkanes) is 1.